The van der Waals surface area contributed by atoms with Crippen molar-refractivity contribution in [3.63, 3.8) is 0 Å². The normalized spacial score (nSPS) is 10.1. The molecule has 0 spiro atoms. The Morgan fingerprint density at radius 1 is 1.22 bits per heavy atom. The number of phenols is 1. The van der Waals surface area contributed by atoms with Gasteiger partial charge in [-0.1, -0.05) is 6.07 Å². The van der Waals surface area contributed by atoms with Crippen LogP contribution in [0.2, 0.25) is 0 Å². The van der Waals surface area contributed by atoms with E-state index in [-0.39, 0.29) is 11.7 Å². The molecule has 4 heteroatoms. The van der Waals surface area contributed by atoms with E-state index in [1.807, 2.05) is 19.1 Å². The molecule has 1 aromatic carbocycles. The van der Waals surface area contributed by atoms with Crippen LogP contribution in [-0.2, 0) is 0 Å². The van der Waals surface area contributed by atoms with Crippen molar-refractivity contribution in [1.82, 2.24) is 4.98 Å². The van der Waals surface area contributed by atoms with E-state index in [2.05, 4.69) is 10.3 Å². The molecule has 18 heavy (non-hydrogen) atoms. The fraction of sp³-hybridized carbons (Fsp3) is 0.143. The number of carbonyl (C=O) groups excluding carboxylic acids is 1. The van der Waals surface area contributed by atoms with E-state index in [4.69, 9.17) is 0 Å². The number of amides is 1. The second-order valence-corrected chi connectivity index (χ2v) is 4.12. The van der Waals surface area contributed by atoms with E-state index < -0.39 is 0 Å². The molecule has 2 aromatic rings. The number of hydrogen-bond donors (Lipinski definition) is 2. The van der Waals surface area contributed by atoms with E-state index in [9.17, 15) is 9.90 Å². The Bertz CT molecular complexity index is 594. The number of nitrogens with one attached hydrogen (secondary N) is 1. The van der Waals surface area contributed by atoms with Crippen molar-refractivity contribution in [2.45, 2.75) is 13.8 Å². The summed E-state index contributed by atoms with van der Waals surface area (Å²) in [5.74, 6) is 0.494. The maximum Gasteiger partial charge on any atom is 0.256 e. The minimum Gasteiger partial charge on any atom is -0.508 e. The van der Waals surface area contributed by atoms with Gasteiger partial charge in [-0.2, -0.15) is 0 Å². The molecule has 4 nitrogen and oxygen atoms in total. The van der Waals surface area contributed by atoms with E-state index >= 15 is 0 Å². The van der Waals surface area contributed by atoms with E-state index in [0.29, 0.717) is 16.9 Å². The molecule has 1 aromatic heterocycles. The van der Waals surface area contributed by atoms with Gasteiger partial charge in [0.2, 0.25) is 0 Å². The van der Waals surface area contributed by atoms with Crippen molar-refractivity contribution in [2.24, 2.45) is 0 Å². The van der Waals surface area contributed by atoms with Gasteiger partial charge in [0.15, 0.2) is 0 Å². The lowest BCUT2D eigenvalue weighted by Gasteiger charge is -2.07. The summed E-state index contributed by atoms with van der Waals surface area (Å²) in [5.41, 5.74) is 2.07. The highest BCUT2D eigenvalue weighted by molar-refractivity contribution is 6.04. The molecule has 2 N–H and O–H groups in total. The number of rotatable bonds is 2. The van der Waals surface area contributed by atoms with Gasteiger partial charge in [0.05, 0.1) is 0 Å². The van der Waals surface area contributed by atoms with Gasteiger partial charge < -0.3 is 10.4 Å². The van der Waals surface area contributed by atoms with E-state index in [0.717, 1.165) is 5.56 Å². The summed E-state index contributed by atoms with van der Waals surface area (Å²) < 4.78 is 0. The fourth-order valence-corrected chi connectivity index (χ4v) is 1.59. The van der Waals surface area contributed by atoms with E-state index in [1.54, 1.807) is 25.3 Å². The SMILES string of the molecule is Cc1cc(C(=O)Nc2ncccc2C)ccc1O. The van der Waals surface area contributed by atoms with Crippen molar-refractivity contribution in [2.75, 3.05) is 5.32 Å². The van der Waals surface area contributed by atoms with Gasteiger partial charge in [-0.3, -0.25) is 4.79 Å². The molecule has 0 fully saturated rings. The quantitative estimate of drug-likeness (QED) is 0.851. The Balaban J connectivity index is 2.22. The summed E-state index contributed by atoms with van der Waals surface area (Å²) in [6.07, 6.45) is 1.63. The number of phenolic OH excluding ortho intramolecular Hbond substituents is 1. The van der Waals surface area contributed by atoms with Crippen molar-refractivity contribution in [1.29, 1.82) is 0 Å². The largest absolute Gasteiger partial charge is 0.508 e. The Morgan fingerprint density at radius 2 is 2.00 bits per heavy atom. The highest BCUT2D eigenvalue weighted by atomic mass is 16.3. The van der Waals surface area contributed by atoms with Crippen LogP contribution >= 0.6 is 0 Å². The summed E-state index contributed by atoms with van der Waals surface area (Å²) in [6.45, 7) is 3.63. The van der Waals surface area contributed by atoms with Crippen LogP contribution in [0.4, 0.5) is 5.82 Å². The predicted molar refractivity (Wildman–Crippen MR) is 69.8 cm³/mol. The molecule has 0 aliphatic carbocycles. The Morgan fingerprint density at radius 3 is 2.67 bits per heavy atom. The van der Waals surface area contributed by atoms with Crippen LogP contribution in [0.5, 0.6) is 5.75 Å². The number of pyridine rings is 1. The lowest BCUT2D eigenvalue weighted by atomic mass is 10.1. The summed E-state index contributed by atoms with van der Waals surface area (Å²) in [5, 5.41) is 12.2. The molecule has 1 amide bonds. The van der Waals surface area contributed by atoms with Crippen molar-refractivity contribution in [3.8, 4) is 5.75 Å². The average Bonchev–Trinajstić information content (AvgIpc) is 2.35. The lowest BCUT2D eigenvalue weighted by molar-refractivity contribution is 0.102. The number of carbonyl (C=O) groups is 1. The smallest absolute Gasteiger partial charge is 0.256 e. The zero-order chi connectivity index (χ0) is 13.1. The third-order valence-electron chi connectivity index (χ3n) is 2.70. The molecule has 0 bridgehead atoms. The maximum absolute atomic E-state index is 12.0. The minimum atomic E-state index is -0.236. The van der Waals surface area contributed by atoms with Gasteiger partial charge in [0.25, 0.3) is 5.91 Å². The standard InChI is InChI=1S/C14H14N2O2/c1-9-4-3-7-15-13(9)16-14(18)11-5-6-12(17)10(2)8-11/h3-8,17H,1-2H3,(H,15,16,18). The number of aryl methyl sites for hydroxylation is 2. The van der Waals surface area contributed by atoms with Crippen LogP contribution < -0.4 is 5.32 Å². The molecule has 0 atom stereocenters. The number of aromatic nitrogens is 1. The van der Waals surface area contributed by atoms with Crippen LogP contribution in [0.25, 0.3) is 0 Å². The Kier molecular flexibility index (Phi) is 3.28. The van der Waals surface area contributed by atoms with Gasteiger partial charge in [-0.25, -0.2) is 4.98 Å². The minimum absolute atomic E-state index is 0.181. The van der Waals surface area contributed by atoms with Gasteiger partial charge in [0, 0.05) is 11.8 Å². The zero-order valence-corrected chi connectivity index (χ0v) is 10.3. The van der Waals surface area contributed by atoms with Gasteiger partial charge >= 0.3 is 0 Å². The molecular weight excluding hydrogens is 228 g/mol. The van der Waals surface area contributed by atoms with Crippen LogP contribution in [0.3, 0.4) is 0 Å². The summed E-state index contributed by atoms with van der Waals surface area (Å²) in [6, 6.07) is 8.43. The predicted octanol–water partition coefficient (Wildman–Crippen LogP) is 2.66. The van der Waals surface area contributed by atoms with E-state index in [1.165, 1.54) is 6.07 Å². The second kappa shape index (κ2) is 4.87. The monoisotopic (exact) mass is 242 g/mol. The molecular formula is C14H14N2O2. The third kappa shape index (κ3) is 2.48. The zero-order valence-electron chi connectivity index (χ0n) is 10.3. The first-order valence-electron chi connectivity index (χ1n) is 5.60. The molecule has 1 heterocycles. The van der Waals surface area contributed by atoms with Crippen molar-refractivity contribution < 1.29 is 9.90 Å². The highest BCUT2D eigenvalue weighted by Gasteiger charge is 2.09. The van der Waals surface area contributed by atoms with Crippen LogP contribution in [0.1, 0.15) is 21.5 Å². The number of nitrogens with zero attached hydrogens (tertiary/aromatic N) is 1. The molecule has 2 rings (SSSR count). The van der Waals surface area contributed by atoms with Crippen LogP contribution in [-0.4, -0.2) is 16.0 Å². The molecule has 0 aliphatic heterocycles. The summed E-state index contributed by atoms with van der Waals surface area (Å²) >= 11 is 0. The number of benzene rings is 1. The number of aromatic hydroxyl groups is 1. The summed E-state index contributed by atoms with van der Waals surface area (Å²) in [7, 11) is 0. The molecule has 92 valence electrons. The first kappa shape index (κ1) is 12.1. The van der Waals surface area contributed by atoms with Gasteiger partial charge in [-0.05, 0) is 49.2 Å². The first-order valence-corrected chi connectivity index (χ1v) is 5.60. The molecule has 0 saturated carbocycles. The Hall–Kier alpha value is -2.36. The highest BCUT2D eigenvalue weighted by Crippen LogP contribution is 2.18. The maximum atomic E-state index is 12.0. The fourth-order valence-electron chi connectivity index (χ4n) is 1.59. The molecule has 0 saturated heterocycles. The number of anilines is 1. The van der Waals surface area contributed by atoms with Crippen LogP contribution in [0.15, 0.2) is 36.5 Å². The molecule has 0 aliphatic rings. The second-order valence-electron chi connectivity index (χ2n) is 4.12. The average molecular weight is 242 g/mol. The topological polar surface area (TPSA) is 62.2 Å². The lowest BCUT2D eigenvalue weighted by Crippen LogP contribution is -2.13. The van der Waals surface area contributed by atoms with Crippen molar-refractivity contribution in [3.05, 3.63) is 53.2 Å². The third-order valence-corrected chi connectivity index (χ3v) is 2.70. The van der Waals surface area contributed by atoms with Gasteiger partial charge in [0.1, 0.15) is 11.6 Å². The molecule has 0 unspecified atom stereocenters. The Labute approximate surface area is 105 Å². The van der Waals surface area contributed by atoms with Crippen LogP contribution in [0, 0.1) is 13.8 Å². The first-order chi connectivity index (χ1) is 8.58. The van der Waals surface area contributed by atoms with Gasteiger partial charge in [-0.15, -0.1) is 0 Å². The van der Waals surface area contributed by atoms with Crippen molar-refractivity contribution >= 4 is 11.7 Å². The summed E-state index contributed by atoms with van der Waals surface area (Å²) in [4.78, 5) is 16.1. The number of hydrogen-bond acceptors (Lipinski definition) is 3. The molecule has 0 radical (unpaired) electrons.